The molecule has 162 valence electrons. The summed E-state index contributed by atoms with van der Waals surface area (Å²) in [5.41, 5.74) is -1.03. The lowest BCUT2D eigenvalue weighted by molar-refractivity contribution is 0.330. The molecule has 0 bridgehead atoms. The second-order valence-corrected chi connectivity index (χ2v) is 5.81. The minimum atomic E-state index is -2.61. The fraction of sp³-hybridized carbons (Fsp3) is 0. The zero-order valence-corrected chi connectivity index (χ0v) is 14.6. The molecule has 3 aromatic carbocycles. The highest BCUT2D eigenvalue weighted by Crippen LogP contribution is 2.30. The van der Waals surface area contributed by atoms with Gasteiger partial charge in [0.2, 0.25) is 34.9 Å². The summed E-state index contributed by atoms with van der Waals surface area (Å²) in [4.78, 5) is 0. The van der Waals surface area contributed by atoms with E-state index >= 15 is 0 Å². The molecule has 3 aromatic rings. The van der Waals surface area contributed by atoms with Crippen LogP contribution in [-0.4, -0.2) is 7.12 Å². The SMILES string of the molecule is Fc1ccc(F)c(B(Oc2ccc(F)c(F)c2F)Oc2c(F)c(F)c(F)c(F)c2F)c1. The molecule has 0 N–H and O–H groups in total. The molecule has 0 fully saturated rings. The maximum absolute atomic E-state index is 14.1. The van der Waals surface area contributed by atoms with Crippen LogP contribution in [0.4, 0.5) is 43.9 Å². The maximum atomic E-state index is 14.1. The first-order valence-corrected chi connectivity index (χ1v) is 7.96. The topological polar surface area (TPSA) is 18.5 Å². The predicted octanol–water partition coefficient (Wildman–Crippen LogP) is 4.93. The lowest BCUT2D eigenvalue weighted by Crippen LogP contribution is -2.45. The smallest absolute Gasteiger partial charge is 0.520 e. The van der Waals surface area contributed by atoms with Crippen molar-refractivity contribution in [3.63, 3.8) is 0 Å². The minimum Gasteiger partial charge on any atom is -0.520 e. The van der Waals surface area contributed by atoms with Gasteiger partial charge in [0.15, 0.2) is 17.4 Å². The van der Waals surface area contributed by atoms with Crippen LogP contribution in [0.1, 0.15) is 0 Å². The predicted molar refractivity (Wildman–Crippen MR) is 85.6 cm³/mol. The van der Waals surface area contributed by atoms with E-state index in [0.717, 1.165) is 0 Å². The van der Waals surface area contributed by atoms with E-state index in [1.807, 2.05) is 0 Å². The first-order chi connectivity index (χ1) is 14.5. The first kappa shape index (κ1) is 22.3. The number of rotatable bonds is 5. The Bertz CT molecular complexity index is 1140. The summed E-state index contributed by atoms with van der Waals surface area (Å²) < 4.78 is 145. The van der Waals surface area contributed by atoms with E-state index in [-0.39, 0.29) is 0 Å². The van der Waals surface area contributed by atoms with E-state index in [1.54, 1.807) is 0 Å². The summed E-state index contributed by atoms with van der Waals surface area (Å²) in [6.45, 7) is 0. The Kier molecular flexibility index (Phi) is 6.05. The van der Waals surface area contributed by atoms with E-state index in [2.05, 4.69) is 4.65 Å². The Morgan fingerprint density at radius 1 is 0.516 bits per heavy atom. The summed E-state index contributed by atoms with van der Waals surface area (Å²) in [6.07, 6.45) is 0. The molecular weight excluding hydrogens is 449 g/mol. The number of hydrogen-bond donors (Lipinski definition) is 0. The average Bonchev–Trinajstić information content (AvgIpc) is 2.74. The van der Waals surface area contributed by atoms with Gasteiger partial charge >= 0.3 is 7.12 Å². The van der Waals surface area contributed by atoms with Crippen LogP contribution in [0.15, 0.2) is 30.3 Å². The monoisotopic (exact) mass is 454 g/mol. The highest BCUT2D eigenvalue weighted by molar-refractivity contribution is 6.62. The van der Waals surface area contributed by atoms with Crippen LogP contribution in [0.5, 0.6) is 11.5 Å². The third kappa shape index (κ3) is 4.12. The third-order valence-electron chi connectivity index (χ3n) is 3.84. The number of halogens is 10. The van der Waals surface area contributed by atoms with Crippen LogP contribution < -0.4 is 14.8 Å². The number of benzene rings is 3. The Labute approximate surface area is 166 Å². The lowest BCUT2D eigenvalue weighted by atomic mass is 9.78. The van der Waals surface area contributed by atoms with Crippen LogP contribution in [0.25, 0.3) is 0 Å². The summed E-state index contributed by atoms with van der Waals surface area (Å²) in [5.74, 6) is -23.9. The Balaban J connectivity index is 2.15. The van der Waals surface area contributed by atoms with Crippen LogP contribution in [0.3, 0.4) is 0 Å². The van der Waals surface area contributed by atoms with Crippen molar-refractivity contribution in [2.24, 2.45) is 0 Å². The molecule has 0 aromatic heterocycles. The van der Waals surface area contributed by atoms with Crippen LogP contribution >= 0.6 is 0 Å². The Morgan fingerprint density at radius 2 is 1.06 bits per heavy atom. The second kappa shape index (κ2) is 8.40. The first-order valence-electron chi connectivity index (χ1n) is 7.96. The van der Waals surface area contributed by atoms with Crippen molar-refractivity contribution in [3.8, 4) is 11.5 Å². The fourth-order valence-electron chi connectivity index (χ4n) is 2.36. The van der Waals surface area contributed by atoms with E-state index in [4.69, 9.17) is 4.65 Å². The summed E-state index contributed by atoms with van der Waals surface area (Å²) in [6, 6.07) is 2.21. The molecule has 0 radical (unpaired) electrons. The molecule has 0 aliphatic heterocycles. The van der Waals surface area contributed by atoms with Crippen molar-refractivity contribution >= 4 is 12.6 Å². The van der Waals surface area contributed by atoms with Crippen LogP contribution in [0, 0.1) is 58.2 Å². The van der Waals surface area contributed by atoms with Gasteiger partial charge in [-0.25, -0.2) is 30.7 Å². The van der Waals surface area contributed by atoms with Gasteiger partial charge in [-0.2, -0.15) is 13.2 Å². The molecule has 13 heteroatoms. The van der Waals surface area contributed by atoms with Gasteiger partial charge in [0.05, 0.1) is 5.46 Å². The largest absolute Gasteiger partial charge is 0.635 e. The normalized spacial score (nSPS) is 10.9. The van der Waals surface area contributed by atoms with Crippen molar-refractivity contribution in [1.82, 2.24) is 0 Å². The fourth-order valence-corrected chi connectivity index (χ4v) is 2.36. The average molecular weight is 454 g/mol. The summed E-state index contributed by atoms with van der Waals surface area (Å²) in [5, 5.41) is 0. The van der Waals surface area contributed by atoms with Gasteiger partial charge in [-0.1, -0.05) is 0 Å². The minimum absolute atomic E-state index is 0.337. The Hall–Kier alpha value is -3.38. The summed E-state index contributed by atoms with van der Waals surface area (Å²) in [7, 11) is -2.61. The van der Waals surface area contributed by atoms with Gasteiger partial charge in [0.25, 0.3) is 0 Å². The van der Waals surface area contributed by atoms with Gasteiger partial charge in [-0.05, 0) is 30.3 Å². The molecule has 0 saturated heterocycles. The van der Waals surface area contributed by atoms with Crippen LogP contribution in [0.2, 0.25) is 0 Å². The lowest BCUT2D eigenvalue weighted by Gasteiger charge is -2.19. The zero-order valence-electron chi connectivity index (χ0n) is 14.6. The van der Waals surface area contributed by atoms with Crippen molar-refractivity contribution in [2.75, 3.05) is 0 Å². The zero-order chi connectivity index (χ0) is 23.0. The van der Waals surface area contributed by atoms with Crippen molar-refractivity contribution in [2.45, 2.75) is 0 Å². The molecule has 2 nitrogen and oxygen atoms in total. The summed E-state index contributed by atoms with van der Waals surface area (Å²) >= 11 is 0. The molecule has 0 aliphatic carbocycles. The standard InChI is InChI=1S/C18H5BF10O2/c20-6-1-2-8(21)7(5-6)19(30-10-4-3-9(22)11(23)12(10)24)31-18-16(28)14(26)13(25)15(27)17(18)29/h1-5H. The van der Waals surface area contributed by atoms with Crippen molar-refractivity contribution in [1.29, 1.82) is 0 Å². The van der Waals surface area contributed by atoms with Gasteiger partial charge in [-0.3, -0.25) is 0 Å². The highest BCUT2D eigenvalue weighted by Gasteiger charge is 2.36. The van der Waals surface area contributed by atoms with Gasteiger partial charge in [0.1, 0.15) is 17.4 Å². The molecule has 0 saturated carbocycles. The van der Waals surface area contributed by atoms with E-state index in [9.17, 15) is 43.9 Å². The molecule has 3 rings (SSSR count). The Morgan fingerprint density at radius 3 is 1.68 bits per heavy atom. The molecule has 0 unspecified atom stereocenters. The molecule has 0 spiro atoms. The van der Waals surface area contributed by atoms with Crippen LogP contribution in [-0.2, 0) is 0 Å². The second-order valence-electron chi connectivity index (χ2n) is 5.81. The molecule has 0 atom stereocenters. The molecule has 0 aliphatic rings. The van der Waals surface area contributed by atoms with Crippen molar-refractivity contribution in [3.05, 3.63) is 88.5 Å². The van der Waals surface area contributed by atoms with Gasteiger partial charge in [0, 0.05) is 0 Å². The van der Waals surface area contributed by atoms with Crippen molar-refractivity contribution < 1.29 is 53.2 Å². The van der Waals surface area contributed by atoms with E-state index < -0.39 is 82.3 Å². The third-order valence-corrected chi connectivity index (χ3v) is 3.84. The maximum Gasteiger partial charge on any atom is 0.635 e. The quantitative estimate of drug-likeness (QED) is 0.236. The molecule has 31 heavy (non-hydrogen) atoms. The molecule has 0 amide bonds. The number of hydrogen-bond acceptors (Lipinski definition) is 2. The highest BCUT2D eigenvalue weighted by atomic mass is 19.2. The van der Waals surface area contributed by atoms with E-state index in [1.165, 1.54) is 0 Å². The molecular formula is C18H5BF10O2. The van der Waals surface area contributed by atoms with E-state index in [0.29, 0.717) is 30.3 Å². The van der Waals surface area contributed by atoms with Gasteiger partial charge in [-0.15, -0.1) is 0 Å². The van der Waals surface area contributed by atoms with Gasteiger partial charge < -0.3 is 9.31 Å². The molecule has 0 heterocycles.